The maximum atomic E-state index is 12.1. The predicted molar refractivity (Wildman–Crippen MR) is 50.5 cm³/mol. The second kappa shape index (κ2) is 4.95. The first kappa shape index (κ1) is 9.29. The van der Waals surface area contributed by atoms with Crippen LogP contribution in [0.3, 0.4) is 0 Å². The molecule has 12 heavy (non-hydrogen) atoms. The average molecular weight is 183 g/mol. The van der Waals surface area contributed by atoms with Crippen molar-refractivity contribution >= 4 is 11.8 Å². The van der Waals surface area contributed by atoms with Crippen molar-refractivity contribution in [3.05, 3.63) is 41.6 Å². The highest BCUT2D eigenvalue weighted by molar-refractivity contribution is 8.03. The monoisotopic (exact) mass is 183 g/mol. The summed E-state index contributed by atoms with van der Waals surface area (Å²) in [5, 5.41) is 0. The number of benzene rings is 1. The zero-order valence-corrected chi connectivity index (χ0v) is 7.35. The first-order valence-electron chi connectivity index (χ1n) is 3.59. The standard InChI is InChI=1S/C9H10FNS/c10-6-9(7-11)12-8-4-2-1-3-5-8/h1-6H,7,11H2. The van der Waals surface area contributed by atoms with Crippen LogP contribution in [0.5, 0.6) is 0 Å². The van der Waals surface area contributed by atoms with Gasteiger partial charge in [-0.05, 0) is 12.1 Å². The molecule has 0 atom stereocenters. The van der Waals surface area contributed by atoms with E-state index in [9.17, 15) is 4.39 Å². The molecule has 0 radical (unpaired) electrons. The van der Waals surface area contributed by atoms with Crippen molar-refractivity contribution in [2.75, 3.05) is 6.54 Å². The molecule has 3 heteroatoms. The Morgan fingerprint density at radius 2 is 2.08 bits per heavy atom. The van der Waals surface area contributed by atoms with Crippen molar-refractivity contribution in [2.45, 2.75) is 4.90 Å². The summed E-state index contributed by atoms with van der Waals surface area (Å²) in [5.74, 6) is 0. The molecule has 64 valence electrons. The van der Waals surface area contributed by atoms with Crippen LogP contribution in [0.15, 0.2) is 46.5 Å². The highest BCUT2D eigenvalue weighted by Crippen LogP contribution is 2.24. The fourth-order valence-corrected chi connectivity index (χ4v) is 1.47. The molecule has 1 nitrogen and oxygen atoms in total. The molecule has 0 heterocycles. The largest absolute Gasteiger partial charge is 0.326 e. The zero-order valence-electron chi connectivity index (χ0n) is 6.53. The van der Waals surface area contributed by atoms with Gasteiger partial charge in [-0.25, -0.2) is 4.39 Å². The second-order valence-corrected chi connectivity index (χ2v) is 3.39. The summed E-state index contributed by atoms with van der Waals surface area (Å²) in [4.78, 5) is 1.55. The Labute approximate surface area is 75.5 Å². The Hall–Kier alpha value is -0.800. The van der Waals surface area contributed by atoms with Gasteiger partial charge in [0.2, 0.25) is 0 Å². The van der Waals surface area contributed by atoms with Gasteiger partial charge >= 0.3 is 0 Å². The van der Waals surface area contributed by atoms with E-state index in [-0.39, 0.29) is 6.54 Å². The summed E-state index contributed by atoms with van der Waals surface area (Å²) in [6.45, 7) is 0.246. The third-order valence-corrected chi connectivity index (χ3v) is 2.34. The molecular weight excluding hydrogens is 173 g/mol. The Morgan fingerprint density at radius 3 is 2.58 bits per heavy atom. The lowest BCUT2D eigenvalue weighted by Crippen LogP contribution is -1.99. The molecular formula is C9H10FNS. The number of halogens is 1. The fraction of sp³-hybridized carbons (Fsp3) is 0.111. The van der Waals surface area contributed by atoms with Crippen LogP contribution in [-0.2, 0) is 0 Å². The van der Waals surface area contributed by atoms with Crippen LogP contribution in [0.4, 0.5) is 4.39 Å². The summed E-state index contributed by atoms with van der Waals surface area (Å²) in [6, 6.07) is 9.59. The van der Waals surface area contributed by atoms with E-state index in [0.717, 1.165) is 4.90 Å². The number of rotatable bonds is 3. The van der Waals surface area contributed by atoms with Gasteiger partial charge in [0, 0.05) is 16.3 Å². The minimum Gasteiger partial charge on any atom is -0.326 e. The van der Waals surface area contributed by atoms with Gasteiger partial charge < -0.3 is 5.73 Å². The number of hydrogen-bond donors (Lipinski definition) is 1. The smallest absolute Gasteiger partial charge is 0.0978 e. The van der Waals surface area contributed by atoms with Gasteiger partial charge in [0.25, 0.3) is 0 Å². The number of thioether (sulfide) groups is 1. The third kappa shape index (κ3) is 2.68. The lowest BCUT2D eigenvalue weighted by atomic mass is 10.4. The van der Waals surface area contributed by atoms with E-state index in [1.165, 1.54) is 11.8 Å². The van der Waals surface area contributed by atoms with Crippen LogP contribution in [0.2, 0.25) is 0 Å². The summed E-state index contributed by atoms with van der Waals surface area (Å²) >= 11 is 1.35. The van der Waals surface area contributed by atoms with Gasteiger partial charge in [0.1, 0.15) is 0 Å². The maximum Gasteiger partial charge on any atom is 0.0978 e. The van der Waals surface area contributed by atoms with Gasteiger partial charge in [-0.2, -0.15) is 0 Å². The van der Waals surface area contributed by atoms with Crippen molar-refractivity contribution < 1.29 is 4.39 Å². The van der Waals surface area contributed by atoms with Crippen LogP contribution in [0, 0.1) is 0 Å². The fourth-order valence-electron chi connectivity index (χ4n) is 0.748. The van der Waals surface area contributed by atoms with Gasteiger partial charge in [-0.3, -0.25) is 0 Å². The molecule has 0 saturated heterocycles. The van der Waals surface area contributed by atoms with E-state index in [2.05, 4.69) is 0 Å². The van der Waals surface area contributed by atoms with Crippen molar-refractivity contribution in [1.29, 1.82) is 0 Å². The third-order valence-electron chi connectivity index (χ3n) is 1.32. The molecule has 0 aliphatic rings. The van der Waals surface area contributed by atoms with E-state index in [4.69, 9.17) is 5.73 Å². The Kier molecular flexibility index (Phi) is 3.84. The molecule has 0 spiro atoms. The van der Waals surface area contributed by atoms with Crippen LogP contribution < -0.4 is 5.73 Å². The Morgan fingerprint density at radius 1 is 1.42 bits per heavy atom. The highest BCUT2D eigenvalue weighted by atomic mass is 32.2. The summed E-state index contributed by atoms with van der Waals surface area (Å²) < 4.78 is 12.1. The molecule has 1 aromatic rings. The molecule has 0 fully saturated rings. The van der Waals surface area contributed by atoms with Gasteiger partial charge in [0.15, 0.2) is 0 Å². The summed E-state index contributed by atoms with van der Waals surface area (Å²) in [6.07, 6.45) is 0.553. The molecule has 0 amide bonds. The lowest BCUT2D eigenvalue weighted by Gasteiger charge is -2.00. The molecule has 0 aliphatic heterocycles. The lowest BCUT2D eigenvalue weighted by molar-refractivity contribution is 0.714. The molecule has 0 unspecified atom stereocenters. The van der Waals surface area contributed by atoms with Crippen LogP contribution in [-0.4, -0.2) is 6.54 Å². The van der Waals surface area contributed by atoms with E-state index in [1.54, 1.807) is 0 Å². The van der Waals surface area contributed by atoms with Crippen LogP contribution in [0.25, 0.3) is 0 Å². The second-order valence-electron chi connectivity index (χ2n) is 2.19. The summed E-state index contributed by atoms with van der Waals surface area (Å²) in [5.41, 5.74) is 5.30. The molecule has 0 bridgehead atoms. The molecule has 0 aromatic heterocycles. The maximum absolute atomic E-state index is 12.1. The molecule has 1 rings (SSSR count). The number of hydrogen-bond acceptors (Lipinski definition) is 2. The SMILES string of the molecule is NCC(=CF)Sc1ccccc1. The van der Waals surface area contributed by atoms with Crippen LogP contribution in [0.1, 0.15) is 0 Å². The van der Waals surface area contributed by atoms with E-state index in [1.807, 2.05) is 30.3 Å². The van der Waals surface area contributed by atoms with Gasteiger partial charge in [-0.1, -0.05) is 30.0 Å². The van der Waals surface area contributed by atoms with Crippen molar-refractivity contribution in [3.8, 4) is 0 Å². The van der Waals surface area contributed by atoms with E-state index in [0.29, 0.717) is 11.2 Å². The molecule has 0 aliphatic carbocycles. The van der Waals surface area contributed by atoms with Crippen molar-refractivity contribution in [3.63, 3.8) is 0 Å². The molecule has 2 N–H and O–H groups in total. The number of nitrogens with two attached hydrogens (primary N) is 1. The van der Waals surface area contributed by atoms with Gasteiger partial charge in [-0.15, -0.1) is 0 Å². The molecule has 1 aromatic carbocycles. The topological polar surface area (TPSA) is 26.0 Å². The minimum atomic E-state index is 0.246. The Bertz CT molecular complexity index is 258. The Balaban J connectivity index is 2.64. The summed E-state index contributed by atoms with van der Waals surface area (Å²) in [7, 11) is 0. The first-order valence-corrected chi connectivity index (χ1v) is 4.40. The van der Waals surface area contributed by atoms with E-state index < -0.39 is 0 Å². The normalized spacial score (nSPS) is 11.7. The van der Waals surface area contributed by atoms with Gasteiger partial charge in [0.05, 0.1) is 6.33 Å². The minimum absolute atomic E-state index is 0.246. The van der Waals surface area contributed by atoms with E-state index >= 15 is 0 Å². The van der Waals surface area contributed by atoms with Crippen molar-refractivity contribution in [1.82, 2.24) is 0 Å². The highest BCUT2D eigenvalue weighted by Gasteiger charge is 1.96. The zero-order chi connectivity index (χ0) is 8.81. The first-order chi connectivity index (χ1) is 5.86. The van der Waals surface area contributed by atoms with Crippen molar-refractivity contribution in [2.24, 2.45) is 5.73 Å². The van der Waals surface area contributed by atoms with Crippen LogP contribution >= 0.6 is 11.8 Å². The quantitative estimate of drug-likeness (QED) is 0.729. The predicted octanol–water partition coefficient (Wildman–Crippen LogP) is 2.55. The average Bonchev–Trinajstić information content (AvgIpc) is 2.16. The molecule has 0 saturated carbocycles.